The maximum atomic E-state index is 7.59. The van der Waals surface area contributed by atoms with E-state index in [1.165, 1.54) is 0 Å². The molecule has 0 aliphatic carbocycles. The summed E-state index contributed by atoms with van der Waals surface area (Å²) in [6.07, 6.45) is 3.75. The van der Waals surface area contributed by atoms with Crippen molar-refractivity contribution in [3.63, 3.8) is 0 Å². The summed E-state index contributed by atoms with van der Waals surface area (Å²) in [7, 11) is 1.88. The minimum atomic E-state index is 0.0973. The minimum Gasteiger partial charge on any atom is -0.384 e. The lowest BCUT2D eigenvalue weighted by Crippen LogP contribution is -2.12. The van der Waals surface area contributed by atoms with Gasteiger partial charge in [0.1, 0.15) is 5.84 Å². The molecule has 0 aliphatic rings. The Hall–Kier alpha value is -1.75. The number of aromatic nitrogens is 2. The Morgan fingerprint density at radius 1 is 1.47 bits per heavy atom. The Morgan fingerprint density at radius 2 is 2.24 bits per heavy atom. The van der Waals surface area contributed by atoms with Gasteiger partial charge in [0.05, 0.1) is 11.1 Å². The van der Waals surface area contributed by atoms with Crippen molar-refractivity contribution in [1.29, 1.82) is 5.41 Å². The Morgan fingerprint density at radius 3 is 2.82 bits per heavy atom. The molecule has 3 N–H and O–H groups in total. The summed E-state index contributed by atoms with van der Waals surface area (Å²) >= 11 is 1.59. The van der Waals surface area contributed by atoms with Gasteiger partial charge in [0, 0.05) is 23.7 Å². The molecular formula is C12H14N4S. The maximum Gasteiger partial charge on any atom is 0.123 e. The summed E-state index contributed by atoms with van der Waals surface area (Å²) < 4.78 is 1.76. The van der Waals surface area contributed by atoms with Crippen molar-refractivity contribution in [2.24, 2.45) is 12.8 Å². The highest BCUT2D eigenvalue weighted by molar-refractivity contribution is 7.99. The van der Waals surface area contributed by atoms with Crippen molar-refractivity contribution in [1.82, 2.24) is 9.78 Å². The lowest BCUT2D eigenvalue weighted by Gasteiger charge is -2.09. The Bertz CT molecular complexity index is 559. The highest BCUT2D eigenvalue weighted by atomic mass is 32.2. The van der Waals surface area contributed by atoms with Crippen molar-refractivity contribution in [2.45, 2.75) is 16.7 Å². The number of nitrogens with two attached hydrogens (primary N) is 1. The Balaban J connectivity index is 2.40. The molecule has 0 bridgehead atoms. The lowest BCUT2D eigenvalue weighted by atomic mass is 10.1. The first-order valence-corrected chi connectivity index (χ1v) is 6.00. The molecule has 5 heteroatoms. The first-order chi connectivity index (χ1) is 8.08. The molecule has 0 saturated heterocycles. The van der Waals surface area contributed by atoms with Gasteiger partial charge in [0.2, 0.25) is 0 Å². The standard InChI is InChI=1S/C12H14N4S/c1-8-4-3-5-10(12(13)14)11(8)17-9-6-15-16(2)7-9/h3-7H,1-2H3,(H3,13,14). The number of rotatable bonds is 3. The zero-order valence-corrected chi connectivity index (χ0v) is 10.6. The summed E-state index contributed by atoms with van der Waals surface area (Å²) in [6.45, 7) is 2.02. The molecule has 4 nitrogen and oxygen atoms in total. The van der Waals surface area contributed by atoms with E-state index in [1.807, 2.05) is 38.4 Å². The normalized spacial score (nSPS) is 10.5. The zero-order chi connectivity index (χ0) is 12.4. The molecule has 0 aliphatic heterocycles. The van der Waals surface area contributed by atoms with Crippen LogP contribution in [0.2, 0.25) is 0 Å². The van der Waals surface area contributed by atoms with Gasteiger partial charge < -0.3 is 5.73 Å². The fourth-order valence-electron chi connectivity index (χ4n) is 1.57. The second-order valence-electron chi connectivity index (χ2n) is 3.82. The summed E-state index contributed by atoms with van der Waals surface area (Å²) in [4.78, 5) is 2.07. The van der Waals surface area contributed by atoms with Crippen LogP contribution in [-0.4, -0.2) is 15.6 Å². The predicted octanol–water partition coefficient (Wildman–Crippen LogP) is 2.16. The quantitative estimate of drug-likeness (QED) is 0.644. The topological polar surface area (TPSA) is 67.7 Å². The van der Waals surface area contributed by atoms with Gasteiger partial charge >= 0.3 is 0 Å². The van der Waals surface area contributed by atoms with Crippen molar-refractivity contribution in [3.05, 3.63) is 41.7 Å². The average Bonchev–Trinajstić information content (AvgIpc) is 2.67. The monoisotopic (exact) mass is 246 g/mol. The summed E-state index contributed by atoms with van der Waals surface area (Å²) in [6, 6.07) is 5.80. The number of benzene rings is 1. The molecule has 0 unspecified atom stereocenters. The van der Waals surface area contributed by atoms with Crippen molar-refractivity contribution in [2.75, 3.05) is 0 Å². The third kappa shape index (κ3) is 2.50. The van der Waals surface area contributed by atoms with Crippen LogP contribution in [-0.2, 0) is 7.05 Å². The molecule has 0 spiro atoms. The van der Waals surface area contributed by atoms with Crippen LogP contribution in [0.4, 0.5) is 0 Å². The number of nitrogens with zero attached hydrogens (tertiary/aromatic N) is 2. The Kier molecular flexibility index (Phi) is 3.19. The maximum absolute atomic E-state index is 7.59. The van der Waals surface area contributed by atoms with Gasteiger partial charge in [0.25, 0.3) is 0 Å². The molecule has 0 fully saturated rings. The summed E-state index contributed by atoms with van der Waals surface area (Å²) in [5, 5.41) is 11.7. The van der Waals surface area contributed by atoms with Crippen molar-refractivity contribution in [3.8, 4) is 0 Å². The molecular weight excluding hydrogens is 232 g/mol. The third-order valence-electron chi connectivity index (χ3n) is 2.40. The number of nitrogen functional groups attached to an aromatic ring is 1. The van der Waals surface area contributed by atoms with Crippen LogP contribution in [0.1, 0.15) is 11.1 Å². The van der Waals surface area contributed by atoms with E-state index in [4.69, 9.17) is 11.1 Å². The highest BCUT2D eigenvalue weighted by Crippen LogP contribution is 2.32. The third-order valence-corrected chi connectivity index (χ3v) is 3.60. The number of hydrogen-bond acceptors (Lipinski definition) is 3. The van der Waals surface area contributed by atoms with Crippen LogP contribution >= 0.6 is 11.8 Å². The van der Waals surface area contributed by atoms with Gasteiger partial charge in [-0.05, 0) is 12.5 Å². The van der Waals surface area contributed by atoms with Crippen LogP contribution in [0.25, 0.3) is 0 Å². The first kappa shape index (κ1) is 11.7. The second-order valence-corrected chi connectivity index (χ2v) is 4.90. The van der Waals surface area contributed by atoms with Crippen LogP contribution in [0.3, 0.4) is 0 Å². The molecule has 88 valence electrons. The van der Waals surface area contributed by atoms with Crippen molar-refractivity contribution < 1.29 is 0 Å². The number of amidine groups is 1. The molecule has 2 aromatic rings. The highest BCUT2D eigenvalue weighted by Gasteiger charge is 2.10. The predicted molar refractivity (Wildman–Crippen MR) is 69.5 cm³/mol. The fraction of sp³-hybridized carbons (Fsp3) is 0.167. The average molecular weight is 246 g/mol. The number of nitrogens with one attached hydrogen (secondary N) is 1. The van der Waals surface area contributed by atoms with Crippen LogP contribution in [0.5, 0.6) is 0 Å². The van der Waals surface area contributed by atoms with Crippen LogP contribution in [0, 0.1) is 12.3 Å². The smallest absolute Gasteiger partial charge is 0.123 e. The molecule has 0 amide bonds. The minimum absolute atomic E-state index is 0.0973. The SMILES string of the molecule is Cc1cccc(C(=N)N)c1Sc1cnn(C)c1. The van der Waals surface area contributed by atoms with E-state index >= 15 is 0 Å². The van der Waals surface area contributed by atoms with Gasteiger partial charge in [0.15, 0.2) is 0 Å². The molecule has 0 atom stereocenters. The van der Waals surface area contributed by atoms with E-state index in [9.17, 15) is 0 Å². The first-order valence-electron chi connectivity index (χ1n) is 5.18. The van der Waals surface area contributed by atoms with Gasteiger partial charge in [-0.2, -0.15) is 5.10 Å². The lowest BCUT2D eigenvalue weighted by molar-refractivity contribution is 0.766. The number of aryl methyl sites for hydroxylation is 2. The van der Waals surface area contributed by atoms with Crippen LogP contribution < -0.4 is 5.73 Å². The van der Waals surface area contributed by atoms with E-state index in [0.717, 1.165) is 20.9 Å². The summed E-state index contributed by atoms with van der Waals surface area (Å²) in [5.74, 6) is 0.0973. The molecule has 1 heterocycles. The summed E-state index contributed by atoms with van der Waals surface area (Å²) in [5.41, 5.74) is 7.49. The van der Waals surface area contributed by atoms with Crippen LogP contribution in [0.15, 0.2) is 40.4 Å². The molecule has 1 aromatic carbocycles. The molecule has 0 radical (unpaired) electrons. The zero-order valence-electron chi connectivity index (χ0n) is 9.77. The molecule has 1 aromatic heterocycles. The van der Waals surface area contributed by atoms with Gasteiger partial charge in [-0.1, -0.05) is 30.0 Å². The van der Waals surface area contributed by atoms with Gasteiger partial charge in [-0.3, -0.25) is 10.1 Å². The fourth-order valence-corrected chi connectivity index (χ4v) is 2.63. The van der Waals surface area contributed by atoms with Gasteiger partial charge in [-0.25, -0.2) is 0 Å². The molecule has 0 saturated carbocycles. The second kappa shape index (κ2) is 4.63. The largest absolute Gasteiger partial charge is 0.384 e. The number of hydrogen-bond donors (Lipinski definition) is 2. The Labute approximate surface area is 104 Å². The van der Waals surface area contributed by atoms with E-state index in [2.05, 4.69) is 5.10 Å². The molecule has 2 rings (SSSR count). The van der Waals surface area contributed by atoms with Gasteiger partial charge in [-0.15, -0.1) is 0 Å². The van der Waals surface area contributed by atoms with E-state index in [-0.39, 0.29) is 5.84 Å². The van der Waals surface area contributed by atoms with E-state index in [1.54, 1.807) is 22.6 Å². The van der Waals surface area contributed by atoms with E-state index < -0.39 is 0 Å². The molecule has 17 heavy (non-hydrogen) atoms. The van der Waals surface area contributed by atoms with Crippen molar-refractivity contribution >= 4 is 17.6 Å². The van der Waals surface area contributed by atoms with E-state index in [0.29, 0.717) is 0 Å².